The van der Waals surface area contributed by atoms with Crippen molar-refractivity contribution in [1.29, 1.82) is 0 Å². The van der Waals surface area contributed by atoms with Crippen molar-refractivity contribution in [3.8, 4) is 0 Å². The van der Waals surface area contributed by atoms with Gasteiger partial charge in [-0.1, -0.05) is 6.92 Å². The maximum Gasteiger partial charge on any atom is 0.322 e. The molecule has 0 saturated carbocycles. The summed E-state index contributed by atoms with van der Waals surface area (Å²) in [5.41, 5.74) is 0.987. The highest BCUT2D eigenvalue weighted by Crippen LogP contribution is 2.00. The molecule has 5 heteroatoms. The van der Waals surface area contributed by atoms with Crippen molar-refractivity contribution in [2.75, 3.05) is 13.7 Å². The molecule has 96 valence electrons. The lowest BCUT2D eigenvalue weighted by Crippen LogP contribution is -2.38. The zero-order chi connectivity index (χ0) is 12.7. The van der Waals surface area contributed by atoms with Crippen LogP contribution in [0.2, 0.25) is 0 Å². The summed E-state index contributed by atoms with van der Waals surface area (Å²) in [5.74, 6) is -0.206. The number of methoxy groups -OCH3 is 1. The molecule has 1 unspecified atom stereocenters. The zero-order valence-electron chi connectivity index (χ0n) is 10.8. The van der Waals surface area contributed by atoms with Crippen molar-refractivity contribution in [3.63, 3.8) is 0 Å². The van der Waals surface area contributed by atoms with E-state index in [1.807, 2.05) is 23.9 Å². The Morgan fingerprint density at radius 3 is 2.94 bits per heavy atom. The van der Waals surface area contributed by atoms with Gasteiger partial charge in [0.05, 0.1) is 12.8 Å². The summed E-state index contributed by atoms with van der Waals surface area (Å²) in [6.07, 6.45) is 3.60. The predicted octanol–water partition coefficient (Wildman–Crippen LogP) is 1.12. The van der Waals surface area contributed by atoms with Crippen LogP contribution in [-0.4, -0.2) is 35.4 Å². The third-order valence-electron chi connectivity index (χ3n) is 2.55. The summed E-state index contributed by atoms with van der Waals surface area (Å²) in [6.45, 7) is 5.55. The van der Waals surface area contributed by atoms with Crippen molar-refractivity contribution in [2.45, 2.75) is 39.3 Å². The molecule has 1 aromatic rings. The Labute approximate surface area is 102 Å². The van der Waals surface area contributed by atoms with Gasteiger partial charge in [-0.3, -0.25) is 9.48 Å². The second-order valence-electron chi connectivity index (χ2n) is 4.04. The number of aromatic nitrogens is 2. The van der Waals surface area contributed by atoms with Crippen LogP contribution in [0.1, 0.15) is 25.5 Å². The first kappa shape index (κ1) is 13.7. The highest BCUT2D eigenvalue weighted by molar-refractivity contribution is 5.75. The normalized spacial score (nSPS) is 12.4. The minimum Gasteiger partial charge on any atom is -0.468 e. The molecule has 0 aliphatic carbocycles. The Hall–Kier alpha value is -1.36. The maximum absolute atomic E-state index is 11.5. The number of esters is 1. The first-order chi connectivity index (χ1) is 8.17. The van der Waals surface area contributed by atoms with Gasteiger partial charge in [0.25, 0.3) is 0 Å². The highest BCUT2D eigenvalue weighted by Gasteiger charge is 2.17. The fraction of sp³-hybridized carbons (Fsp3) is 0.667. The Kier molecular flexibility index (Phi) is 5.69. The van der Waals surface area contributed by atoms with Crippen LogP contribution in [0.4, 0.5) is 0 Å². The summed E-state index contributed by atoms with van der Waals surface area (Å²) >= 11 is 0. The van der Waals surface area contributed by atoms with Gasteiger partial charge in [-0.05, 0) is 32.4 Å². The van der Waals surface area contributed by atoms with Crippen LogP contribution in [-0.2, 0) is 16.1 Å². The van der Waals surface area contributed by atoms with Gasteiger partial charge in [-0.25, -0.2) is 0 Å². The molecule has 0 fully saturated rings. The predicted molar refractivity (Wildman–Crippen MR) is 65.7 cm³/mol. The fourth-order valence-electron chi connectivity index (χ4n) is 1.61. The van der Waals surface area contributed by atoms with Crippen molar-refractivity contribution in [3.05, 3.63) is 18.0 Å². The minimum atomic E-state index is -0.246. The third-order valence-corrected chi connectivity index (χ3v) is 2.55. The van der Waals surface area contributed by atoms with Crippen molar-refractivity contribution in [2.24, 2.45) is 0 Å². The lowest BCUT2D eigenvalue weighted by atomic mass is 10.2. The number of aryl methyl sites for hydroxylation is 2. The van der Waals surface area contributed by atoms with Gasteiger partial charge >= 0.3 is 5.97 Å². The van der Waals surface area contributed by atoms with Gasteiger partial charge in [-0.15, -0.1) is 0 Å². The van der Waals surface area contributed by atoms with E-state index in [4.69, 9.17) is 4.74 Å². The summed E-state index contributed by atoms with van der Waals surface area (Å²) in [5, 5.41) is 7.47. The van der Waals surface area contributed by atoms with Crippen LogP contribution in [0.3, 0.4) is 0 Å². The van der Waals surface area contributed by atoms with E-state index < -0.39 is 0 Å². The SMILES string of the molecule is CCCNC(CCn1ccc(C)n1)C(=O)OC. The Morgan fingerprint density at radius 1 is 1.65 bits per heavy atom. The molecule has 1 N–H and O–H groups in total. The van der Waals surface area contributed by atoms with E-state index in [0.29, 0.717) is 13.0 Å². The van der Waals surface area contributed by atoms with E-state index in [-0.39, 0.29) is 12.0 Å². The number of nitrogens with zero attached hydrogens (tertiary/aromatic N) is 2. The quantitative estimate of drug-likeness (QED) is 0.724. The standard InChI is InChI=1S/C12H21N3O2/c1-4-7-13-11(12(16)17-3)6-9-15-8-5-10(2)14-15/h5,8,11,13H,4,6-7,9H2,1-3H3. The van der Waals surface area contributed by atoms with Gasteiger partial charge in [0, 0.05) is 12.7 Å². The number of nitrogens with one attached hydrogen (secondary N) is 1. The van der Waals surface area contributed by atoms with Crippen molar-refractivity contribution < 1.29 is 9.53 Å². The van der Waals surface area contributed by atoms with Crippen molar-refractivity contribution >= 4 is 5.97 Å². The van der Waals surface area contributed by atoms with Crippen molar-refractivity contribution in [1.82, 2.24) is 15.1 Å². The van der Waals surface area contributed by atoms with Gasteiger partial charge in [0.15, 0.2) is 0 Å². The van der Waals surface area contributed by atoms with Gasteiger partial charge in [0.1, 0.15) is 6.04 Å². The second-order valence-corrected chi connectivity index (χ2v) is 4.04. The summed E-state index contributed by atoms with van der Waals surface area (Å²) < 4.78 is 6.62. The molecule has 0 spiro atoms. The third kappa shape index (κ3) is 4.56. The average molecular weight is 239 g/mol. The van der Waals surface area contributed by atoms with Crippen LogP contribution >= 0.6 is 0 Å². The Balaban J connectivity index is 2.45. The molecule has 0 aliphatic rings. The Bertz CT molecular complexity index is 349. The summed E-state index contributed by atoms with van der Waals surface area (Å²) in [7, 11) is 1.42. The summed E-state index contributed by atoms with van der Waals surface area (Å²) in [6, 6.07) is 1.71. The highest BCUT2D eigenvalue weighted by atomic mass is 16.5. The van der Waals surface area contributed by atoms with Crippen LogP contribution in [0.15, 0.2) is 12.3 Å². The molecule has 1 aromatic heterocycles. The van der Waals surface area contributed by atoms with E-state index in [0.717, 1.165) is 18.7 Å². The molecule has 0 aromatic carbocycles. The van der Waals surface area contributed by atoms with Crippen LogP contribution < -0.4 is 5.32 Å². The zero-order valence-corrected chi connectivity index (χ0v) is 10.8. The van der Waals surface area contributed by atoms with Gasteiger partial charge < -0.3 is 10.1 Å². The molecule has 1 rings (SSSR count). The van der Waals surface area contributed by atoms with E-state index in [1.54, 1.807) is 0 Å². The number of carbonyl (C=O) groups excluding carboxylic acids is 1. The number of hydrogen-bond acceptors (Lipinski definition) is 4. The molecule has 1 atom stereocenters. The fourth-order valence-corrected chi connectivity index (χ4v) is 1.61. The molecule has 0 radical (unpaired) electrons. The number of carbonyl (C=O) groups is 1. The minimum absolute atomic E-state index is 0.206. The van der Waals surface area contributed by atoms with E-state index in [2.05, 4.69) is 17.3 Å². The van der Waals surface area contributed by atoms with E-state index in [9.17, 15) is 4.79 Å². The molecular formula is C12H21N3O2. The van der Waals surface area contributed by atoms with Crippen LogP contribution in [0.25, 0.3) is 0 Å². The number of rotatable bonds is 7. The largest absolute Gasteiger partial charge is 0.468 e. The molecule has 1 heterocycles. The smallest absolute Gasteiger partial charge is 0.322 e. The lowest BCUT2D eigenvalue weighted by Gasteiger charge is -2.15. The molecule has 0 amide bonds. The lowest BCUT2D eigenvalue weighted by molar-refractivity contribution is -0.143. The first-order valence-electron chi connectivity index (χ1n) is 5.98. The summed E-state index contributed by atoms with van der Waals surface area (Å²) in [4.78, 5) is 11.5. The maximum atomic E-state index is 11.5. The molecule has 0 aliphatic heterocycles. The molecular weight excluding hydrogens is 218 g/mol. The Morgan fingerprint density at radius 2 is 2.41 bits per heavy atom. The van der Waals surface area contributed by atoms with E-state index in [1.165, 1.54) is 7.11 Å². The number of hydrogen-bond donors (Lipinski definition) is 1. The van der Waals surface area contributed by atoms with Crippen LogP contribution in [0, 0.1) is 6.92 Å². The molecule has 0 bridgehead atoms. The number of ether oxygens (including phenoxy) is 1. The molecule has 17 heavy (non-hydrogen) atoms. The second kappa shape index (κ2) is 7.06. The average Bonchev–Trinajstić information content (AvgIpc) is 2.74. The topological polar surface area (TPSA) is 56.2 Å². The van der Waals surface area contributed by atoms with Gasteiger partial charge in [-0.2, -0.15) is 5.10 Å². The first-order valence-corrected chi connectivity index (χ1v) is 5.98. The van der Waals surface area contributed by atoms with Crippen LogP contribution in [0.5, 0.6) is 0 Å². The monoisotopic (exact) mass is 239 g/mol. The van der Waals surface area contributed by atoms with E-state index >= 15 is 0 Å². The van der Waals surface area contributed by atoms with Gasteiger partial charge in [0.2, 0.25) is 0 Å². The molecule has 5 nitrogen and oxygen atoms in total. The molecule has 0 saturated heterocycles.